The molecule has 1 fully saturated rings. The van der Waals surface area contributed by atoms with Crippen molar-refractivity contribution in [3.63, 3.8) is 0 Å². The van der Waals surface area contributed by atoms with Crippen molar-refractivity contribution in [3.8, 4) is 0 Å². The van der Waals surface area contributed by atoms with Gasteiger partial charge in [-0.3, -0.25) is 4.79 Å². The summed E-state index contributed by atoms with van der Waals surface area (Å²) < 4.78 is 5.56. The van der Waals surface area contributed by atoms with Crippen LogP contribution in [0.1, 0.15) is 42.7 Å². The molecule has 3 heteroatoms. The van der Waals surface area contributed by atoms with Gasteiger partial charge in [0.25, 0.3) is 0 Å². The Morgan fingerprint density at radius 3 is 2.89 bits per heavy atom. The summed E-state index contributed by atoms with van der Waals surface area (Å²) in [5.74, 6) is -1.14. The maximum Gasteiger partial charge on any atom is 0.310 e. The Morgan fingerprint density at radius 2 is 2.28 bits per heavy atom. The minimum Gasteiger partial charge on any atom is -0.481 e. The molecular formula is C15H20O3. The van der Waals surface area contributed by atoms with E-state index in [0.717, 1.165) is 37.0 Å². The highest BCUT2D eigenvalue weighted by atomic mass is 16.5. The fourth-order valence-corrected chi connectivity index (χ4v) is 2.61. The van der Waals surface area contributed by atoms with Crippen LogP contribution in [0.3, 0.4) is 0 Å². The number of benzene rings is 1. The van der Waals surface area contributed by atoms with Gasteiger partial charge >= 0.3 is 5.97 Å². The summed E-state index contributed by atoms with van der Waals surface area (Å²) in [6, 6.07) is 7.74. The molecule has 2 rings (SSSR count). The van der Waals surface area contributed by atoms with Gasteiger partial charge in [0.05, 0.1) is 12.0 Å². The van der Waals surface area contributed by atoms with Crippen LogP contribution < -0.4 is 0 Å². The summed E-state index contributed by atoms with van der Waals surface area (Å²) in [7, 11) is 0. The number of carboxylic acids is 1. The lowest BCUT2D eigenvalue weighted by Gasteiger charge is -2.17. The molecule has 1 saturated heterocycles. The first kappa shape index (κ1) is 13.1. The topological polar surface area (TPSA) is 46.5 Å². The molecule has 18 heavy (non-hydrogen) atoms. The van der Waals surface area contributed by atoms with Crippen LogP contribution in [0.2, 0.25) is 0 Å². The predicted octanol–water partition coefficient (Wildman–Crippen LogP) is 3.12. The molecule has 0 spiro atoms. The molecule has 1 N–H and O–H groups in total. The molecule has 1 aliphatic rings. The van der Waals surface area contributed by atoms with Crippen molar-refractivity contribution in [2.45, 2.75) is 44.6 Å². The van der Waals surface area contributed by atoms with Crippen LogP contribution in [0.15, 0.2) is 24.3 Å². The van der Waals surface area contributed by atoms with E-state index in [9.17, 15) is 9.90 Å². The number of aliphatic carboxylic acids is 1. The molecule has 1 aromatic rings. The van der Waals surface area contributed by atoms with Gasteiger partial charge in [-0.15, -0.1) is 0 Å². The molecule has 0 saturated carbocycles. The molecule has 1 aromatic carbocycles. The number of ether oxygens (including phenoxy) is 1. The zero-order valence-electron chi connectivity index (χ0n) is 10.8. The summed E-state index contributed by atoms with van der Waals surface area (Å²) in [4.78, 5) is 11.4. The van der Waals surface area contributed by atoms with E-state index in [1.54, 1.807) is 0 Å². The largest absolute Gasteiger partial charge is 0.481 e. The second kappa shape index (κ2) is 6.01. The van der Waals surface area contributed by atoms with Crippen LogP contribution in [0, 0.1) is 6.92 Å². The highest BCUT2D eigenvalue weighted by molar-refractivity contribution is 5.76. The maximum absolute atomic E-state index is 11.4. The SMILES string of the molecule is Cc1ccccc1C(CCC1CCCO1)C(=O)O. The van der Waals surface area contributed by atoms with Crippen molar-refractivity contribution in [1.29, 1.82) is 0 Å². The average Bonchev–Trinajstić information content (AvgIpc) is 2.84. The van der Waals surface area contributed by atoms with E-state index in [0.29, 0.717) is 6.42 Å². The molecule has 2 unspecified atom stereocenters. The number of aryl methyl sites for hydroxylation is 1. The molecule has 3 nitrogen and oxygen atoms in total. The molecule has 1 aliphatic heterocycles. The van der Waals surface area contributed by atoms with Crippen LogP contribution in [0.4, 0.5) is 0 Å². The molecule has 1 heterocycles. The van der Waals surface area contributed by atoms with E-state index in [1.807, 2.05) is 31.2 Å². The van der Waals surface area contributed by atoms with E-state index in [1.165, 1.54) is 0 Å². The fraction of sp³-hybridized carbons (Fsp3) is 0.533. The van der Waals surface area contributed by atoms with Gasteiger partial charge in [-0.05, 0) is 43.7 Å². The van der Waals surface area contributed by atoms with Crippen LogP contribution in [-0.2, 0) is 9.53 Å². The molecule has 0 bridgehead atoms. The highest BCUT2D eigenvalue weighted by Gasteiger charge is 2.24. The quantitative estimate of drug-likeness (QED) is 0.870. The van der Waals surface area contributed by atoms with E-state index in [-0.39, 0.29) is 6.10 Å². The number of carbonyl (C=O) groups is 1. The zero-order chi connectivity index (χ0) is 13.0. The lowest BCUT2D eigenvalue weighted by Crippen LogP contribution is -2.16. The van der Waals surface area contributed by atoms with E-state index in [2.05, 4.69) is 0 Å². The Kier molecular flexibility index (Phi) is 4.37. The van der Waals surface area contributed by atoms with Crippen LogP contribution in [0.5, 0.6) is 0 Å². The highest BCUT2D eigenvalue weighted by Crippen LogP contribution is 2.27. The van der Waals surface area contributed by atoms with E-state index >= 15 is 0 Å². The summed E-state index contributed by atoms with van der Waals surface area (Å²) in [5.41, 5.74) is 1.99. The van der Waals surface area contributed by atoms with Gasteiger partial charge in [-0.1, -0.05) is 24.3 Å². The molecule has 0 radical (unpaired) electrons. The summed E-state index contributed by atoms with van der Waals surface area (Å²) in [6.45, 7) is 2.80. The molecule has 0 aromatic heterocycles. The normalized spacial score (nSPS) is 20.8. The van der Waals surface area contributed by atoms with Gasteiger partial charge in [0, 0.05) is 6.61 Å². The number of hydrogen-bond acceptors (Lipinski definition) is 2. The van der Waals surface area contributed by atoms with Crippen molar-refractivity contribution >= 4 is 5.97 Å². The molecule has 2 atom stereocenters. The van der Waals surface area contributed by atoms with Gasteiger partial charge in [0.2, 0.25) is 0 Å². The van der Waals surface area contributed by atoms with Crippen molar-refractivity contribution in [2.75, 3.05) is 6.61 Å². The molecule has 0 aliphatic carbocycles. The van der Waals surface area contributed by atoms with Crippen LogP contribution >= 0.6 is 0 Å². The van der Waals surface area contributed by atoms with Gasteiger partial charge in [0.15, 0.2) is 0 Å². The summed E-state index contributed by atoms with van der Waals surface area (Å²) >= 11 is 0. The van der Waals surface area contributed by atoms with Crippen LogP contribution in [-0.4, -0.2) is 23.8 Å². The fourth-order valence-electron chi connectivity index (χ4n) is 2.61. The van der Waals surface area contributed by atoms with Gasteiger partial charge in [-0.2, -0.15) is 0 Å². The van der Waals surface area contributed by atoms with Gasteiger partial charge in [0.1, 0.15) is 0 Å². The Hall–Kier alpha value is -1.35. The number of rotatable bonds is 5. The minimum absolute atomic E-state index is 0.260. The van der Waals surface area contributed by atoms with Crippen molar-refractivity contribution in [1.82, 2.24) is 0 Å². The number of carboxylic acid groups (broad SMARTS) is 1. The number of hydrogen-bond donors (Lipinski definition) is 1. The minimum atomic E-state index is -0.734. The average molecular weight is 248 g/mol. The lowest BCUT2D eigenvalue weighted by molar-refractivity contribution is -0.139. The molecule has 98 valence electrons. The molecule has 0 amide bonds. The predicted molar refractivity (Wildman–Crippen MR) is 69.8 cm³/mol. The Bertz CT molecular complexity index is 408. The van der Waals surface area contributed by atoms with Crippen LogP contribution in [0.25, 0.3) is 0 Å². The monoisotopic (exact) mass is 248 g/mol. The summed E-state index contributed by atoms with van der Waals surface area (Å²) in [5, 5.41) is 9.38. The Balaban J connectivity index is 2.04. The lowest BCUT2D eigenvalue weighted by atomic mass is 9.90. The zero-order valence-corrected chi connectivity index (χ0v) is 10.8. The summed E-state index contributed by atoms with van der Waals surface area (Å²) in [6.07, 6.45) is 3.93. The third kappa shape index (κ3) is 3.10. The Labute approximate surface area is 108 Å². The van der Waals surface area contributed by atoms with Crippen molar-refractivity contribution in [3.05, 3.63) is 35.4 Å². The first-order valence-electron chi connectivity index (χ1n) is 6.58. The van der Waals surface area contributed by atoms with Crippen molar-refractivity contribution in [2.24, 2.45) is 0 Å². The van der Waals surface area contributed by atoms with Crippen molar-refractivity contribution < 1.29 is 14.6 Å². The first-order valence-corrected chi connectivity index (χ1v) is 6.58. The second-order valence-electron chi connectivity index (χ2n) is 4.96. The molecular weight excluding hydrogens is 228 g/mol. The van der Waals surface area contributed by atoms with E-state index in [4.69, 9.17) is 4.74 Å². The maximum atomic E-state index is 11.4. The third-order valence-electron chi connectivity index (χ3n) is 3.66. The standard InChI is InChI=1S/C15H20O3/c1-11-5-2-3-7-13(11)14(15(16)17)9-8-12-6-4-10-18-12/h2-3,5,7,12,14H,4,6,8-10H2,1H3,(H,16,17). The first-order chi connectivity index (χ1) is 8.68. The van der Waals surface area contributed by atoms with Gasteiger partial charge in [-0.25, -0.2) is 0 Å². The smallest absolute Gasteiger partial charge is 0.310 e. The third-order valence-corrected chi connectivity index (χ3v) is 3.66. The van der Waals surface area contributed by atoms with Gasteiger partial charge < -0.3 is 9.84 Å². The van der Waals surface area contributed by atoms with E-state index < -0.39 is 11.9 Å². The second-order valence-corrected chi connectivity index (χ2v) is 4.96. The Morgan fingerprint density at radius 1 is 1.50 bits per heavy atom.